The lowest BCUT2D eigenvalue weighted by atomic mass is 10.1. The average molecular weight is 424 g/mol. The van der Waals surface area contributed by atoms with E-state index in [1.807, 2.05) is 29.2 Å². The molecular weight excluding hydrogens is 400 g/mol. The van der Waals surface area contributed by atoms with E-state index in [2.05, 4.69) is 4.98 Å². The van der Waals surface area contributed by atoms with Crippen molar-refractivity contribution in [1.82, 2.24) is 9.55 Å². The number of piperidine rings is 1. The number of nitrogens with one attached hydrogen (secondary N) is 1. The molecule has 1 N–H and O–H groups in total. The molecule has 0 saturated carbocycles. The van der Waals surface area contributed by atoms with Crippen molar-refractivity contribution < 1.29 is 14.5 Å². The van der Waals surface area contributed by atoms with Crippen LogP contribution in [-0.2, 0) is 11.3 Å². The first-order valence-electron chi connectivity index (χ1n) is 10.4. The summed E-state index contributed by atoms with van der Waals surface area (Å²) in [5.74, 6) is -0.612. The molecule has 9 nitrogen and oxygen atoms in total. The Kier molecular flexibility index (Phi) is 6.01. The minimum atomic E-state index is -0.612. The fourth-order valence-electron chi connectivity index (χ4n) is 4.00. The molecule has 31 heavy (non-hydrogen) atoms. The van der Waals surface area contributed by atoms with Crippen molar-refractivity contribution in [3.63, 3.8) is 0 Å². The quantitative estimate of drug-likeness (QED) is 0.269. The molecule has 0 aliphatic carbocycles. The molecule has 1 aromatic heterocycles. The number of benzene rings is 2. The Labute approximate surface area is 178 Å². The number of para-hydroxylation sites is 2. The van der Waals surface area contributed by atoms with Crippen LogP contribution in [0.25, 0.3) is 11.0 Å². The summed E-state index contributed by atoms with van der Waals surface area (Å²) in [5, 5.41) is 11.6. The molecule has 0 amide bonds. The van der Waals surface area contributed by atoms with Gasteiger partial charge in [0.25, 0.3) is 5.69 Å². The van der Waals surface area contributed by atoms with Gasteiger partial charge in [0.05, 0.1) is 28.1 Å². The van der Waals surface area contributed by atoms with Crippen LogP contribution in [0.1, 0.15) is 36.0 Å². The van der Waals surface area contributed by atoms with Crippen LogP contribution in [0.3, 0.4) is 0 Å². The lowest BCUT2D eigenvalue weighted by molar-refractivity contribution is -0.384. The zero-order chi connectivity index (χ0) is 21.8. The number of anilines is 1. The van der Waals surface area contributed by atoms with E-state index in [-0.39, 0.29) is 23.5 Å². The van der Waals surface area contributed by atoms with Crippen molar-refractivity contribution in [2.45, 2.75) is 32.2 Å². The number of carbonyl (C=O) groups is 1. The van der Waals surface area contributed by atoms with Gasteiger partial charge in [-0.2, -0.15) is 0 Å². The number of nitro groups is 1. The van der Waals surface area contributed by atoms with Crippen LogP contribution < -0.4 is 10.6 Å². The number of hydrogen-bond acceptors (Lipinski definition) is 6. The molecule has 162 valence electrons. The molecule has 2 heterocycles. The molecule has 3 aromatic rings. The first-order chi connectivity index (χ1) is 15.0. The van der Waals surface area contributed by atoms with E-state index in [1.165, 1.54) is 6.07 Å². The monoisotopic (exact) mass is 424 g/mol. The van der Waals surface area contributed by atoms with Crippen LogP contribution in [0.2, 0.25) is 0 Å². The number of H-pyrrole nitrogens is 1. The third-order valence-electron chi connectivity index (χ3n) is 5.55. The maximum absolute atomic E-state index is 12.4. The Hall–Kier alpha value is -3.62. The number of imidazole rings is 1. The molecule has 9 heteroatoms. The van der Waals surface area contributed by atoms with E-state index >= 15 is 0 Å². The summed E-state index contributed by atoms with van der Waals surface area (Å²) in [6.45, 7) is 2.05. The minimum absolute atomic E-state index is 0.0818. The average Bonchev–Trinajstić information content (AvgIpc) is 3.11. The second kappa shape index (κ2) is 9.03. The molecule has 1 fully saturated rings. The Morgan fingerprint density at radius 1 is 1.13 bits per heavy atom. The lowest BCUT2D eigenvalue weighted by Crippen LogP contribution is -2.30. The van der Waals surface area contributed by atoms with Gasteiger partial charge in [-0.15, -0.1) is 0 Å². The molecule has 0 atom stereocenters. The molecule has 0 bridgehead atoms. The predicted molar refractivity (Wildman–Crippen MR) is 117 cm³/mol. The van der Waals surface area contributed by atoms with Crippen molar-refractivity contribution in [3.8, 4) is 0 Å². The number of aromatic amines is 1. The summed E-state index contributed by atoms with van der Waals surface area (Å²) < 4.78 is 6.90. The lowest BCUT2D eigenvalue weighted by Gasteiger charge is -2.28. The maximum atomic E-state index is 12.4. The number of hydrogen-bond donors (Lipinski definition) is 1. The molecule has 0 unspecified atom stereocenters. The number of nitro benzene ring substituents is 1. The number of aromatic nitrogens is 2. The smallest absolute Gasteiger partial charge is 0.338 e. The van der Waals surface area contributed by atoms with E-state index in [1.54, 1.807) is 16.7 Å². The summed E-state index contributed by atoms with van der Waals surface area (Å²) in [6, 6.07) is 11.9. The standard InChI is InChI=1S/C22H24N4O5/c27-21(31-14-6-13-25-18-8-3-2-7-17(18)23-22(25)28)16-9-10-19(20(15-16)26(29)30)24-11-4-1-5-12-24/h2-3,7-10,15H,1,4-6,11-14H2,(H,23,28). The van der Waals surface area contributed by atoms with Crippen molar-refractivity contribution >= 4 is 28.4 Å². The fraction of sp³-hybridized carbons (Fsp3) is 0.364. The fourth-order valence-corrected chi connectivity index (χ4v) is 4.00. The highest BCUT2D eigenvalue weighted by molar-refractivity contribution is 5.91. The zero-order valence-electron chi connectivity index (χ0n) is 17.1. The van der Waals surface area contributed by atoms with E-state index in [0.29, 0.717) is 18.7 Å². The van der Waals surface area contributed by atoms with Gasteiger partial charge in [0.15, 0.2) is 0 Å². The topological polar surface area (TPSA) is 110 Å². The van der Waals surface area contributed by atoms with Crippen molar-refractivity contribution in [3.05, 3.63) is 68.6 Å². The third-order valence-corrected chi connectivity index (χ3v) is 5.55. The van der Waals surface area contributed by atoms with Gasteiger partial charge in [0.1, 0.15) is 5.69 Å². The van der Waals surface area contributed by atoms with Gasteiger partial charge < -0.3 is 14.6 Å². The number of nitrogens with zero attached hydrogens (tertiary/aromatic N) is 3. The number of ether oxygens (including phenoxy) is 1. The number of rotatable bonds is 7. The summed E-state index contributed by atoms with van der Waals surface area (Å²) in [5.41, 5.74) is 1.95. The van der Waals surface area contributed by atoms with Gasteiger partial charge in [-0.05, 0) is 49.9 Å². The molecule has 1 aliphatic rings. The Morgan fingerprint density at radius 3 is 2.68 bits per heavy atom. The largest absolute Gasteiger partial charge is 0.462 e. The van der Waals surface area contributed by atoms with Crippen molar-refractivity contribution in [2.75, 3.05) is 24.6 Å². The molecule has 0 spiro atoms. The van der Waals surface area contributed by atoms with E-state index in [0.717, 1.165) is 43.4 Å². The first kappa shape index (κ1) is 20.6. The predicted octanol–water partition coefficient (Wildman–Crippen LogP) is 3.48. The Bertz CT molecular complexity index is 1160. The minimum Gasteiger partial charge on any atom is -0.462 e. The normalized spacial score (nSPS) is 14.0. The van der Waals surface area contributed by atoms with Crippen LogP contribution in [0.5, 0.6) is 0 Å². The second-order valence-electron chi connectivity index (χ2n) is 7.60. The van der Waals surface area contributed by atoms with E-state index in [4.69, 9.17) is 4.74 Å². The highest BCUT2D eigenvalue weighted by atomic mass is 16.6. The summed E-state index contributed by atoms with van der Waals surface area (Å²) in [7, 11) is 0. The van der Waals surface area contributed by atoms with Gasteiger partial charge in [-0.3, -0.25) is 14.7 Å². The molecule has 0 radical (unpaired) electrons. The van der Waals surface area contributed by atoms with Crippen LogP contribution in [0.4, 0.5) is 11.4 Å². The summed E-state index contributed by atoms with van der Waals surface area (Å²) in [4.78, 5) is 40.4. The number of aryl methyl sites for hydroxylation is 1. The SMILES string of the molecule is O=C(OCCCn1c(=O)[nH]c2ccccc21)c1ccc(N2CCCCC2)c([N+](=O)[O-])c1. The van der Waals surface area contributed by atoms with Crippen LogP contribution in [0.15, 0.2) is 47.3 Å². The van der Waals surface area contributed by atoms with Gasteiger partial charge in [0, 0.05) is 25.7 Å². The van der Waals surface area contributed by atoms with Crippen LogP contribution >= 0.6 is 0 Å². The molecule has 1 saturated heterocycles. The molecule has 4 rings (SSSR count). The van der Waals surface area contributed by atoms with E-state index in [9.17, 15) is 19.7 Å². The molecule has 2 aromatic carbocycles. The summed E-state index contributed by atoms with van der Waals surface area (Å²) in [6.07, 6.45) is 3.57. The highest BCUT2D eigenvalue weighted by Gasteiger charge is 2.23. The zero-order valence-corrected chi connectivity index (χ0v) is 17.1. The number of fused-ring (bicyclic) bond motifs is 1. The maximum Gasteiger partial charge on any atom is 0.338 e. The second-order valence-corrected chi connectivity index (χ2v) is 7.60. The van der Waals surface area contributed by atoms with E-state index < -0.39 is 10.9 Å². The van der Waals surface area contributed by atoms with Crippen LogP contribution in [-0.4, -0.2) is 40.1 Å². The van der Waals surface area contributed by atoms with Gasteiger partial charge in [-0.25, -0.2) is 9.59 Å². The Balaban J connectivity index is 1.39. The highest BCUT2D eigenvalue weighted by Crippen LogP contribution is 2.31. The van der Waals surface area contributed by atoms with Crippen molar-refractivity contribution in [2.24, 2.45) is 0 Å². The molecule has 1 aliphatic heterocycles. The van der Waals surface area contributed by atoms with Gasteiger partial charge >= 0.3 is 11.7 Å². The van der Waals surface area contributed by atoms with Crippen molar-refractivity contribution in [1.29, 1.82) is 0 Å². The third kappa shape index (κ3) is 4.45. The Morgan fingerprint density at radius 2 is 1.90 bits per heavy atom. The number of carbonyl (C=O) groups excluding carboxylic acids is 1. The summed E-state index contributed by atoms with van der Waals surface area (Å²) >= 11 is 0. The first-order valence-corrected chi connectivity index (χ1v) is 10.4. The van der Waals surface area contributed by atoms with Gasteiger partial charge in [-0.1, -0.05) is 12.1 Å². The van der Waals surface area contributed by atoms with Gasteiger partial charge in [0.2, 0.25) is 0 Å². The van der Waals surface area contributed by atoms with Crippen LogP contribution in [0, 0.1) is 10.1 Å². The number of esters is 1. The molecular formula is C22H24N4O5.